The first-order valence-corrected chi connectivity index (χ1v) is 5.07. The van der Waals surface area contributed by atoms with E-state index >= 15 is 0 Å². The minimum Gasteiger partial charge on any atom is -0.469 e. The molecule has 1 fully saturated rings. The summed E-state index contributed by atoms with van der Waals surface area (Å²) in [5.41, 5.74) is 0. The lowest BCUT2D eigenvalue weighted by atomic mass is 9.90. The van der Waals surface area contributed by atoms with Gasteiger partial charge in [0.05, 0.1) is 13.2 Å². The van der Waals surface area contributed by atoms with Crippen molar-refractivity contribution >= 4 is 5.97 Å². The van der Waals surface area contributed by atoms with Gasteiger partial charge in [-0.25, -0.2) is 0 Å². The van der Waals surface area contributed by atoms with Gasteiger partial charge in [0, 0.05) is 13.0 Å². The van der Waals surface area contributed by atoms with E-state index in [9.17, 15) is 9.90 Å². The van der Waals surface area contributed by atoms with E-state index in [1.807, 2.05) is 7.05 Å². The molecule has 1 aliphatic heterocycles. The summed E-state index contributed by atoms with van der Waals surface area (Å²) < 4.78 is 4.57. The normalized spacial score (nSPS) is 28.8. The van der Waals surface area contributed by atoms with Gasteiger partial charge in [0.1, 0.15) is 0 Å². The van der Waals surface area contributed by atoms with Crippen LogP contribution in [0, 0.1) is 5.92 Å². The Balaban J connectivity index is 2.27. The van der Waals surface area contributed by atoms with E-state index in [0.29, 0.717) is 13.0 Å². The van der Waals surface area contributed by atoms with Crippen LogP contribution in [-0.4, -0.2) is 49.3 Å². The molecule has 4 heteroatoms. The Bertz CT molecular complexity index is 196. The third-order valence-corrected chi connectivity index (χ3v) is 2.87. The largest absolute Gasteiger partial charge is 0.469 e. The Morgan fingerprint density at radius 3 is 2.93 bits per heavy atom. The van der Waals surface area contributed by atoms with Crippen molar-refractivity contribution in [1.29, 1.82) is 0 Å². The van der Waals surface area contributed by atoms with Crippen molar-refractivity contribution in [3.05, 3.63) is 0 Å². The molecule has 0 unspecified atom stereocenters. The molecule has 1 rings (SSSR count). The van der Waals surface area contributed by atoms with Gasteiger partial charge < -0.3 is 14.7 Å². The molecule has 0 aromatic rings. The molecule has 0 radical (unpaired) electrons. The van der Waals surface area contributed by atoms with E-state index in [0.717, 1.165) is 19.4 Å². The second kappa shape index (κ2) is 5.32. The number of nitrogens with zero attached hydrogens (tertiary/aromatic N) is 1. The number of hydrogen-bond acceptors (Lipinski definition) is 4. The van der Waals surface area contributed by atoms with Gasteiger partial charge in [-0.1, -0.05) is 0 Å². The summed E-state index contributed by atoms with van der Waals surface area (Å²) in [6.45, 7) is 1.72. The van der Waals surface area contributed by atoms with Gasteiger partial charge in [0.2, 0.25) is 0 Å². The molecule has 1 heterocycles. The highest BCUT2D eigenvalue weighted by Gasteiger charge is 2.26. The first kappa shape index (κ1) is 11.5. The number of piperidine rings is 1. The van der Waals surface area contributed by atoms with E-state index in [1.54, 1.807) is 0 Å². The number of likely N-dealkylation sites (tertiary alicyclic amines) is 1. The minimum absolute atomic E-state index is 0.184. The van der Waals surface area contributed by atoms with E-state index < -0.39 is 0 Å². The summed E-state index contributed by atoms with van der Waals surface area (Å²) in [5, 5.41) is 9.73. The second-order valence-corrected chi connectivity index (χ2v) is 3.99. The van der Waals surface area contributed by atoms with Crippen LogP contribution in [-0.2, 0) is 9.53 Å². The number of hydrogen-bond donors (Lipinski definition) is 1. The molecule has 1 saturated heterocycles. The summed E-state index contributed by atoms with van der Waals surface area (Å²) in [6.07, 6.45) is 1.83. The maximum atomic E-state index is 10.9. The summed E-state index contributed by atoms with van der Waals surface area (Å²) in [4.78, 5) is 13.0. The summed E-state index contributed by atoms with van der Waals surface area (Å²) in [6, 6.07) is 0. The van der Waals surface area contributed by atoms with Crippen LogP contribution < -0.4 is 0 Å². The molecule has 0 spiro atoms. The molecule has 1 aliphatic rings. The van der Waals surface area contributed by atoms with Crippen molar-refractivity contribution in [3.8, 4) is 0 Å². The van der Waals surface area contributed by atoms with Crippen molar-refractivity contribution in [3.63, 3.8) is 0 Å². The molecule has 2 atom stereocenters. The van der Waals surface area contributed by atoms with Crippen LogP contribution in [0.2, 0.25) is 0 Å². The maximum absolute atomic E-state index is 10.9. The van der Waals surface area contributed by atoms with Crippen LogP contribution in [0.3, 0.4) is 0 Å². The lowest BCUT2D eigenvalue weighted by Crippen LogP contribution is -2.41. The number of rotatable bonds is 3. The van der Waals surface area contributed by atoms with Crippen LogP contribution >= 0.6 is 0 Å². The van der Waals surface area contributed by atoms with Gasteiger partial charge in [-0.3, -0.25) is 4.79 Å². The monoisotopic (exact) mass is 201 g/mol. The lowest BCUT2D eigenvalue weighted by molar-refractivity contribution is -0.141. The van der Waals surface area contributed by atoms with Crippen LogP contribution in [0.5, 0.6) is 0 Å². The average molecular weight is 201 g/mol. The Kier molecular flexibility index (Phi) is 4.35. The number of aliphatic hydroxyl groups excluding tert-OH is 1. The highest BCUT2D eigenvalue weighted by molar-refractivity contribution is 5.69. The zero-order chi connectivity index (χ0) is 10.6. The Hall–Kier alpha value is -0.610. The fraction of sp³-hybridized carbons (Fsp3) is 0.900. The van der Waals surface area contributed by atoms with Gasteiger partial charge in [-0.05, 0) is 32.4 Å². The van der Waals surface area contributed by atoms with Crippen molar-refractivity contribution in [2.45, 2.75) is 25.4 Å². The molecule has 1 N–H and O–H groups in total. The quantitative estimate of drug-likeness (QED) is 0.665. The number of ether oxygens (including phenoxy) is 1. The van der Waals surface area contributed by atoms with Crippen molar-refractivity contribution in [1.82, 2.24) is 4.90 Å². The molecule has 0 amide bonds. The van der Waals surface area contributed by atoms with E-state index in [4.69, 9.17) is 0 Å². The third-order valence-electron chi connectivity index (χ3n) is 2.87. The number of carbonyl (C=O) groups is 1. The minimum atomic E-state index is -0.293. The molecule has 0 bridgehead atoms. The van der Waals surface area contributed by atoms with Crippen molar-refractivity contribution in [2.24, 2.45) is 5.92 Å². The predicted octanol–water partition coefficient (Wildman–Crippen LogP) is 0.252. The number of β-amino-alcohol motifs (C(OH)–C–C–N with tert-alkyl or cyclic N) is 1. The smallest absolute Gasteiger partial charge is 0.305 e. The van der Waals surface area contributed by atoms with Gasteiger partial charge in [0.15, 0.2) is 0 Å². The molecule has 4 nitrogen and oxygen atoms in total. The molecule has 0 aromatic carbocycles. The second-order valence-electron chi connectivity index (χ2n) is 3.99. The molecule has 0 aliphatic carbocycles. The molecule has 0 saturated carbocycles. The van der Waals surface area contributed by atoms with Gasteiger partial charge in [0.25, 0.3) is 0 Å². The first-order chi connectivity index (χ1) is 6.63. The molecular weight excluding hydrogens is 182 g/mol. The molecule has 0 aromatic heterocycles. The van der Waals surface area contributed by atoms with Crippen LogP contribution in [0.15, 0.2) is 0 Å². The van der Waals surface area contributed by atoms with Crippen LogP contribution in [0.4, 0.5) is 0 Å². The summed E-state index contributed by atoms with van der Waals surface area (Å²) in [7, 11) is 3.40. The Morgan fingerprint density at radius 1 is 1.64 bits per heavy atom. The van der Waals surface area contributed by atoms with E-state index in [-0.39, 0.29) is 18.0 Å². The van der Waals surface area contributed by atoms with Crippen LogP contribution in [0.25, 0.3) is 0 Å². The number of esters is 1. The lowest BCUT2D eigenvalue weighted by Gasteiger charge is -2.33. The fourth-order valence-corrected chi connectivity index (χ4v) is 1.88. The first-order valence-electron chi connectivity index (χ1n) is 5.07. The Morgan fingerprint density at radius 2 is 2.36 bits per heavy atom. The number of carbonyl (C=O) groups excluding carboxylic acids is 1. The number of likely N-dealkylation sites (N-methyl/N-ethyl adjacent to an activating group) is 1. The maximum Gasteiger partial charge on any atom is 0.305 e. The van der Waals surface area contributed by atoms with Crippen molar-refractivity contribution in [2.75, 3.05) is 27.2 Å². The highest BCUT2D eigenvalue weighted by atomic mass is 16.5. The predicted molar refractivity (Wildman–Crippen MR) is 52.9 cm³/mol. The standard InChI is InChI=1S/C10H19NO3/c1-11-6-5-8(9(12)7-11)3-4-10(13)14-2/h8-9,12H,3-7H2,1-2H3/t8-,9+/m0/s1. The van der Waals surface area contributed by atoms with Crippen LogP contribution in [0.1, 0.15) is 19.3 Å². The number of aliphatic hydroxyl groups is 1. The van der Waals surface area contributed by atoms with E-state index in [2.05, 4.69) is 9.64 Å². The van der Waals surface area contributed by atoms with E-state index in [1.165, 1.54) is 7.11 Å². The number of methoxy groups -OCH3 is 1. The van der Waals surface area contributed by atoms with Crippen molar-refractivity contribution < 1.29 is 14.6 Å². The molecular formula is C10H19NO3. The summed E-state index contributed by atoms with van der Waals surface area (Å²) >= 11 is 0. The zero-order valence-corrected chi connectivity index (χ0v) is 8.90. The zero-order valence-electron chi connectivity index (χ0n) is 8.90. The topological polar surface area (TPSA) is 49.8 Å². The Labute approximate surface area is 84.8 Å². The third kappa shape index (κ3) is 3.27. The molecule has 14 heavy (non-hydrogen) atoms. The van der Waals surface area contributed by atoms with Gasteiger partial charge in [-0.15, -0.1) is 0 Å². The SMILES string of the molecule is COC(=O)CC[C@H]1CCN(C)C[C@H]1O. The summed E-state index contributed by atoms with van der Waals surface area (Å²) in [5.74, 6) is 0.0708. The molecule has 82 valence electrons. The van der Waals surface area contributed by atoms with Gasteiger partial charge >= 0.3 is 5.97 Å². The fourth-order valence-electron chi connectivity index (χ4n) is 1.88. The van der Waals surface area contributed by atoms with Gasteiger partial charge in [-0.2, -0.15) is 0 Å². The average Bonchev–Trinajstić information content (AvgIpc) is 2.16. The highest BCUT2D eigenvalue weighted by Crippen LogP contribution is 2.21.